The lowest BCUT2D eigenvalue weighted by Crippen LogP contribution is -2.27. The van der Waals surface area contributed by atoms with Crippen LogP contribution < -0.4 is 4.90 Å². The van der Waals surface area contributed by atoms with Crippen LogP contribution >= 0.6 is 11.3 Å². The molecule has 0 saturated carbocycles. The number of hydrogen-bond acceptors (Lipinski definition) is 6. The summed E-state index contributed by atoms with van der Waals surface area (Å²) in [5, 5.41) is 18.8. The quantitative estimate of drug-likeness (QED) is 0.889. The molecule has 0 bridgehead atoms. The predicted octanol–water partition coefficient (Wildman–Crippen LogP) is 1.16. The van der Waals surface area contributed by atoms with Crippen LogP contribution in [0.25, 0.3) is 0 Å². The van der Waals surface area contributed by atoms with Crippen molar-refractivity contribution in [3.05, 3.63) is 22.5 Å². The zero-order valence-electron chi connectivity index (χ0n) is 11.9. The summed E-state index contributed by atoms with van der Waals surface area (Å²) in [5.74, 6) is -1.17. The highest BCUT2D eigenvalue weighted by atomic mass is 32.1. The van der Waals surface area contributed by atoms with E-state index in [1.54, 1.807) is 11.8 Å². The number of rotatable bonds is 5. The van der Waals surface area contributed by atoms with E-state index in [0.29, 0.717) is 29.6 Å². The van der Waals surface area contributed by atoms with Crippen molar-refractivity contribution in [1.82, 2.24) is 20.0 Å². The number of carboxylic acid groups (broad SMARTS) is 1. The molecule has 0 fully saturated rings. The van der Waals surface area contributed by atoms with Crippen LogP contribution in [0.15, 0.2) is 5.38 Å². The number of aromatic carboxylic acids is 1. The number of nitrogens with zero attached hydrogens (tertiary/aromatic N) is 5. The van der Waals surface area contributed by atoms with E-state index in [9.17, 15) is 9.59 Å². The van der Waals surface area contributed by atoms with Crippen LogP contribution in [0.4, 0.5) is 5.13 Å². The summed E-state index contributed by atoms with van der Waals surface area (Å²) in [5.41, 5.74) is 1.11. The number of amides is 1. The lowest BCUT2D eigenvalue weighted by atomic mass is 10.3. The van der Waals surface area contributed by atoms with Crippen molar-refractivity contribution >= 4 is 28.3 Å². The van der Waals surface area contributed by atoms with Gasteiger partial charge in [-0.3, -0.25) is 9.69 Å². The molecule has 2 aromatic heterocycles. The molecule has 0 spiro atoms. The van der Waals surface area contributed by atoms with Crippen LogP contribution in [0.3, 0.4) is 0 Å². The molecule has 0 aliphatic carbocycles. The predicted molar refractivity (Wildman–Crippen MR) is 76.6 cm³/mol. The topological polar surface area (TPSA) is 101 Å². The second kappa shape index (κ2) is 6.00. The minimum Gasteiger partial charge on any atom is -0.476 e. The van der Waals surface area contributed by atoms with Crippen molar-refractivity contribution in [2.45, 2.75) is 27.3 Å². The van der Waals surface area contributed by atoms with Crippen molar-refractivity contribution in [2.24, 2.45) is 0 Å². The Morgan fingerprint density at radius 2 is 2.19 bits per heavy atom. The van der Waals surface area contributed by atoms with E-state index in [1.165, 1.54) is 22.9 Å². The van der Waals surface area contributed by atoms with Gasteiger partial charge in [0.05, 0.1) is 17.9 Å². The van der Waals surface area contributed by atoms with Crippen molar-refractivity contribution in [3.8, 4) is 0 Å². The molecule has 0 atom stereocenters. The highest BCUT2D eigenvalue weighted by Gasteiger charge is 2.17. The molecular weight excluding hydrogens is 294 g/mol. The number of carbonyl (C=O) groups excluding carboxylic acids is 1. The van der Waals surface area contributed by atoms with E-state index < -0.39 is 5.97 Å². The SMILES string of the molecule is CCN(C(C)=O)c1nc(Cn2nnc(C(=O)O)c2C)cs1. The molecule has 0 unspecified atom stereocenters. The van der Waals surface area contributed by atoms with Gasteiger partial charge in [-0.05, 0) is 13.8 Å². The summed E-state index contributed by atoms with van der Waals surface area (Å²) in [4.78, 5) is 28.4. The van der Waals surface area contributed by atoms with Crippen LogP contribution in [-0.4, -0.2) is 43.5 Å². The highest BCUT2D eigenvalue weighted by molar-refractivity contribution is 7.14. The number of carboxylic acids is 1. The summed E-state index contributed by atoms with van der Waals surface area (Å²) in [6, 6.07) is 0. The first-order chi connectivity index (χ1) is 9.93. The maximum Gasteiger partial charge on any atom is 0.358 e. The van der Waals surface area contributed by atoms with Crippen LogP contribution in [-0.2, 0) is 11.3 Å². The molecule has 2 rings (SSSR count). The summed E-state index contributed by atoms with van der Waals surface area (Å²) < 4.78 is 1.48. The number of anilines is 1. The zero-order valence-corrected chi connectivity index (χ0v) is 12.7. The number of thiazole rings is 1. The molecule has 2 heterocycles. The minimum absolute atomic E-state index is 0.0654. The van der Waals surface area contributed by atoms with Gasteiger partial charge >= 0.3 is 5.97 Å². The minimum atomic E-state index is -1.11. The van der Waals surface area contributed by atoms with Gasteiger partial charge in [0, 0.05) is 18.8 Å². The standard InChI is InChI=1S/C12H15N5O3S/c1-4-16(8(3)18)12-13-9(6-21-12)5-17-7(2)10(11(19)20)14-15-17/h6H,4-5H2,1-3H3,(H,19,20). The average molecular weight is 309 g/mol. The Morgan fingerprint density at radius 3 is 2.71 bits per heavy atom. The molecule has 0 aliphatic rings. The Balaban J connectivity index is 2.20. The first kappa shape index (κ1) is 15.1. The lowest BCUT2D eigenvalue weighted by molar-refractivity contribution is -0.116. The van der Waals surface area contributed by atoms with Gasteiger partial charge in [0.1, 0.15) is 0 Å². The van der Waals surface area contributed by atoms with Gasteiger partial charge in [-0.2, -0.15) is 0 Å². The third kappa shape index (κ3) is 3.07. The fourth-order valence-corrected chi connectivity index (χ4v) is 2.77. The monoisotopic (exact) mass is 309 g/mol. The van der Waals surface area contributed by atoms with Gasteiger partial charge in [-0.15, -0.1) is 16.4 Å². The van der Waals surface area contributed by atoms with E-state index in [1.807, 2.05) is 12.3 Å². The molecule has 21 heavy (non-hydrogen) atoms. The molecule has 112 valence electrons. The van der Waals surface area contributed by atoms with Crippen molar-refractivity contribution in [3.63, 3.8) is 0 Å². The number of carbonyl (C=O) groups is 2. The zero-order chi connectivity index (χ0) is 15.6. The smallest absolute Gasteiger partial charge is 0.358 e. The fraction of sp³-hybridized carbons (Fsp3) is 0.417. The molecule has 8 nitrogen and oxygen atoms in total. The van der Waals surface area contributed by atoms with Crippen molar-refractivity contribution < 1.29 is 14.7 Å². The molecule has 1 amide bonds. The Bertz CT molecular complexity index is 678. The lowest BCUT2D eigenvalue weighted by Gasteiger charge is -2.14. The van der Waals surface area contributed by atoms with Gasteiger partial charge in [-0.1, -0.05) is 5.21 Å². The van der Waals surface area contributed by atoms with Crippen LogP contribution in [0, 0.1) is 6.92 Å². The fourth-order valence-electron chi connectivity index (χ4n) is 1.85. The maximum atomic E-state index is 11.5. The summed E-state index contributed by atoms with van der Waals surface area (Å²) in [6.07, 6.45) is 0. The summed E-state index contributed by atoms with van der Waals surface area (Å²) in [6.45, 7) is 5.88. The summed E-state index contributed by atoms with van der Waals surface area (Å²) >= 11 is 1.36. The first-order valence-electron chi connectivity index (χ1n) is 6.30. The van der Waals surface area contributed by atoms with Gasteiger partial charge in [0.2, 0.25) is 5.91 Å². The van der Waals surface area contributed by atoms with Crippen molar-refractivity contribution in [2.75, 3.05) is 11.4 Å². The normalized spacial score (nSPS) is 10.6. The molecular formula is C12H15N5O3S. The van der Waals surface area contributed by atoms with E-state index >= 15 is 0 Å². The van der Waals surface area contributed by atoms with E-state index in [2.05, 4.69) is 15.3 Å². The maximum absolute atomic E-state index is 11.5. The van der Waals surface area contributed by atoms with E-state index in [4.69, 9.17) is 5.11 Å². The molecule has 0 saturated heterocycles. The van der Waals surface area contributed by atoms with Gasteiger partial charge in [0.25, 0.3) is 0 Å². The molecule has 0 aromatic carbocycles. The number of aromatic nitrogens is 4. The Hall–Kier alpha value is -2.29. The van der Waals surface area contributed by atoms with Crippen LogP contribution in [0.1, 0.15) is 35.7 Å². The molecule has 2 aromatic rings. The number of hydrogen-bond donors (Lipinski definition) is 1. The third-order valence-electron chi connectivity index (χ3n) is 2.96. The van der Waals surface area contributed by atoms with Gasteiger partial charge in [-0.25, -0.2) is 14.5 Å². The summed E-state index contributed by atoms with van der Waals surface area (Å²) in [7, 11) is 0. The van der Waals surface area contributed by atoms with Gasteiger partial charge in [0.15, 0.2) is 10.8 Å². The third-order valence-corrected chi connectivity index (χ3v) is 3.88. The first-order valence-corrected chi connectivity index (χ1v) is 7.17. The Kier molecular flexibility index (Phi) is 4.32. The molecule has 9 heteroatoms. The van der Waals surface area contributed by atoms with Crippen LogP contribution in [0.2, 0.25) is 0 Å². The van der Waals surface area contributed by atoms with E-state index in [0.717, 1.165) is 0 Å². The Morgan fingerprint density at radius 1 is 1.48 bits per heavy atom. The average Bonchev–Trinajstić information content (AvgIpc) is 2.99. The van der Waals surface area contributed by atoms with Gasteiger partial charge < -0.3 is 5.11 Å². The largest absolute Gasteiger partial charge is 0.476 e. The van der Waals surface area contributed by atoms with Crippen LogP contribution in [0.5, 0.6) is 0 Å². The highest BCUT2D eigenvalue weighted by Crippen LogP contribution is 2.21. The second-order valence-corrected chi connectivity index (χ2v) is 5.21. The second-order valence-electron chi connectivity index (χ2n) is 4.37. The molecule has 0 radical (unpaired) electrons. The molecule has 1 N–H and O–H groups in total. The van der Waals surface area contributed by atoms with E-state index in [-0.39, 0.29) is 11.6 Å². The Labute approximate surface area is 125 Å². The van der Waals surface area contributed by atoms with Crippen molar-refractivity contribution in [1.29, 1.82) is 0 Å². The molecule has 0 aliphatic heterocycles.